The number of carbonyl (C=O) groups excluding carboxylic acids is 3. The van der Waals surface area contributed by atoms with Crippen molar-refractivity contribution in [2.24, 2.45) is 5.92 Å². The highest BCUT2D eigenvalue weighted by Crippen LogP contribution is 2.44. The lowest BCUT2D eigenvalue weighted by atomic mass is 10.1. The van der Waals surface area contributed by atoms with Crippen LogP contribution in [0.5, 0.6) is 5.75 Å². The molecule has 0 atom stereocenters. The van der Waals surface area contributed by atoms with Crippen molar-refractivity contribution in [2.45, 2.75) is 26.2 Å². The number of nitrogens with zero attached hydrogens (tertiary/aromatic N) is 2. The Morgan fingerprint density at radius 2 is 2.03 bits per heavy atom. The van der Waals surface area contributed by atoms with Crippen LogP contribution in [0.4, 0.5) is 22.9 Å². The van der Waals surface area contributed by atoms with E-state index in [1.54, 1.807) is 18.1 Å². The molecule has 1 fully saturated rings. The Morgan fingerprint density at radius 3 is 2.68 bits per heavy atom. The van der Waals surface area contributed by atoms with Gasteiger partial charge in [-0.3, -0.25) is 14.4 Å². The molecule has 1 saturated carbocycles. The Hall–Kier alpha value is -3.62. The van der Waals surface area contributed by atoms with Crippen LogP contribution in [0.25, 0.3) is 0 Å². The SMILES string of the molecule is CCN1C(=O)Cc2ccc(Nc3cc(NC(=O)C4CC4)ncc3C(=O)NC)c(OC)c21. The molecule has 0 saturated heterocycles. The van der Waals surface area contributed by atoms with Gasteiger partial charge in [-0.25, -0.2) is 4.98 Å². The van der Waals surface area contributed by atoms with Crippen molar-refractivity contribution in [1.29, 1.82) is 0 Å². The van der Waals surface area contributed by atoms with Gasteiger partial charge in [0.25, 0.3) is 5.91 Å². The molecule has 3 amide bonds. The van der Waals surface area contributed by atoms with E-state index in [9.17, 15) is 14.4 Å². The molecule has 162 valence electrons. The molecule has 9 nitrogen and oxygen atoms in total. The fourth-order valence-corrected chi connectivity index (χ4v) is 3.73. The number of methoxy groups -OCH3 is 1. The minimum atomic E-state index is -0.319. The van der Waals surface area contributed by atoms with Crippen LogP contribution in [-0.4, -0.2) is 43.4 Å². The predicted octanol–water partition coefficient (Wildman–Crippen LogP) is 2.45. The van der Waals surface area contributed by atoms with E-state index in [2.05, 4.69) is 20.9 Å². The number of anilines is 4. The van der Waals surface area contributed by atoms with E-state index in [0.29, 0.717) is 41.5 Å². The number of benzene rings is 1. The summed E-state index contributed by atoms with van der Waals surface area (Å²) in [5, 5.41) is 8.64. The highest BCUT2D eigenvalue weighted by atomic mass is 16.5. The number of likely N-dealkylation sites (N-methyl/N-ethyl adjacent to an activating group) is 1. The van der Waals surface area contributed by atoms with Crippen LogP contribution in [0.15, 0.2) is 24.4 Å². The molecular weight excluding hydrogens is 398 g/mol. The van der Waals surface area contributed by atoms with E-state index in [1.807, 2.05) is 19.1 Å². The molecule has 3 N–H and O–H groups in total. The summed E-state index contributed by atoms with van der Waals surface area (Å²) < 4.78 is 5.66. The number of ether oxygens (including phenoxy) is 1. The molecule has 0 bridgehead atoms. The highest BCUT2D eigenvalue weighted by molar-refractivity contribution is 6.05. The minimum absolute atomic E-state index is 0.0213. The molecule has 0 radical (unpaired) electrons. The van der Waals surface area contributed by atoms with Crippen LogP contribution >= 0.6 is 0 Å². The monoisotopic (exact) mass is 423 g/mol. The van der Waals surface area contributed by atoms with E-state index >= 15 is 0 Å². The number of pyridine rings is 1. The number of hydrogen-bond donors (Lipinski definition) is 3. The van der Waals surface area contributed by atoms with Crippen molar-refractivity contribution in [2.75, 3.05) is 36.2 Å². The molecule has 31 heavy (non-hydrogen) atoms. The second-order valence-corrected chi connectivity index (χ2v) is 7.55. The third-order valence-corrected chi connectivity index (χ3v) is 5.49. The molecule has 4 rings (SSSR count). The van der Waals surface area contributed by atoms with E-state index in [-0.39, 0.29) is 23.6 Å². The maximum atomic E-state index is 12.4. The Balaban J connectivity index is 1.72. The average Bonchev–Trinajstić information content (AvgIpc) is 3.56. The van der Waals surface area contributed by atoms with Crippen LogP contribution in [0.3, 0.4) is 0 Å². The van der Waals surface area contributed by atoms with E-state index in [0.717, 1.165) is 24.1 Å². The molecule has 1 aromatic carbocycles. The van der Waals surface area contributed by atoms with Crippen molar-refractivity contribution >= 4 is 40.6 Å². The summed E-state index contributed by atoms with van der Waals surface area (Å²) in [5.41, 5.74) is 3.01. The molecule has 2 aliphatic rings. The molecule has 1 aliphatic carbocycles. The van der Waals surface area contributed by atoms with Gasteiger partial charge >= 0.3 is 0 Å². The summed E-state index contributed by atoms with van der Waals surface area (Å²) >= 11 is 0. The lowest BCUT2D eigenvalue weighted by Gasteiger charge is -2.21. The second-order valence-electron chi connectivity index (χ2n) is 7.55. The molecule has 0 spiro atoms. The summed E-state index contributed by atoms with van der Waals surface area (Å²) in [6.45, 7) is 2.44. The first-order valence-corrected chi connectivity index (χ1v) is 10.3. The number of fused-ring (bicyclic) bond motifs is 1. The third kappa shape index (κ3) is 3.90. The molecule has 0 unspecified atom stereocenters. The second kappa shape index (κ2) is 8.25. The zero-order valence-corrected chi connectivity index (χ0v) is 17.7. The number of aromatic nitrogens is 1. The minimum Gasteiger partial charge on any atom is -0.492 e. The molecule has 9 heteroatoms. The van der Waals surface area contributed by atoms with Crippen molar-refractivity contribution in [3.63, 3.8) is 0 Å². The van der Waals surface area contributed by atoms with Gasteiger partial charge in [0.15, 0.2) is 5.75 Å². The van der Waals surface area contributed by atoms with Crippen molar-refractivity contribution in [3.8, 4) is 5.75 Å². The number of carbonyl (C=O) groups is 3. The third-order valence-electron chi connectivity index (χ3n) is 5.49. The van der Waals surface area contributed by atoms with Crippen molar-refractivity contribution in [3.05, 3.63) is 35.5 Å². The van der Waals surface area contributed by atoms with Crippen molar-refractivity contribution < 1.29 is 19.1 Å². The van der Waals surface area contributed by atoms with Gasteiger partial charge < -0.3 is 25.6 Å². The standard InChI is InChI=1S/C22H25N5O4/c1-4-27-18(28)9-13-7-8-15(20(31-3)19(13)27)25-16-10-17(26-21(29)12-5-6-12)24-11-14(16)22(30)23-2/h7-8,10-12H,4-6,9H2,1-3H3,(H,23,30)(H2,24,25,26,29). The van der Waals surface area contributed by atoms with E-state index in [4.69, 9.17) is 4.74 Å². The van der Waals surface area contributed by atoms with E-state index in [1.165, 1.54) is 13.2 Å². The number of nitrogens with one attached hydrogen (secondary N) is 3. The van der Waals surface area contributed by atoms with Gasteiger partial charge in [0.1, 0.15) is 5.82 Å². The first-order chi connectivity index (χ1) is 15.0. The van der Waals surface area contributed by atoms with Gasteiger partial charge in [-0.1, -0.05) is 6.07 Å². The van der Waals surface area contributed by atoms with Crippen LogP contribution in [0.2, 0.25) is 0 Å². The summed E-state index contributed by atoms with van der Waals surface area (Å²) in [5.74, 6) is 0.545. The Kier molecular flexibility index (Phi) is 5.50. The number of hydrogen-bond acceptors (Lipinski definition) is 6. The van der Waals surface area contributed by atoms with Gasteiger partial charge in [0.05, 0.1) is 36.2 Å². The molecule has 1 aliphatic heterocycles. The van der Waals surface area contributed by atoms with Crippen LogP contribution < -0.4 is 25.6 Å². The molecule has 2 aromatic rings. The topological polar surface area (TPSA) is 113 Å². The maximum Gasteiger partial charge on any atom is 0.254 e. The maximum absolute atomic E-state index is 12.4. The van der Waals surface area contributed by atoms with Gasteiger partial charge in [-0.2, -0.15) is 0 Å². The lowest BCUT2D eigenvalue weighted by Crippen LogP contribution is -2.26. The largest absolute Gasteiger partial charge is 0.492 e. The zero-order valence-electron chi connectivity index (χ0n) is 17.7. The Bertz CT molecular complexity index is 1060. The normalized spacial score (nSPS) is 14.8. The predicted molar refractivity (Wildman–Crippen MR) is 117 cm³/mol. The zero-order chi connectivity index (χ0) is 22.1. The molecular formula is C22H25N5O4. The quantitative estimate of drug-likeness (QED) is 0.631. The Morgan fingerprint density at radius 1 is 1.26 bits per heavy atom. The summed E-state index contributed by atoms with van der Waals surface area (Å²) in [6.07, 6.45) is 3.51. The van der Waals surface area contributed by atoms with Crippen molar-refractivity contribution in [1.82, 2.24) is 10.3 Å². The highest BCUT2D eigenvalue weighted by Gasteiger charge is 2.32. The van der Waals surface area contributed by atoms with Gasteiger partial charge in [0, 0.05) is 31.8 Å². The average molecular weight is 423 g/mol. The van der Waals surface area contributed by atoms with Gasteiger partial charge in [0.2, 0.25) is 11.8 Å². The molecule has 1 aromatic heterocycles. The molecule has 2 heterocycles. The van der Waals surface area contributed by atoms with Crippen LogP contribution in [0, 0.1) is 5.92 Å². The summed E-state index contributed by atoms with van der Waals surface area (Å²) in [4.78, 5) is 42.8. The number of amides is 3. The fraction of sp³-hybridized carbons (Fsp3) is 0.364. The summed E-state index contributed by atoms with van der Waals surface area (Å²) in [6, 6.07) is 5.32. The summed E-state index contributed by atoms with van der Waals surface area (Å²) in [7, 11) is 3.08. The van der Waals surface area contributed by atoms with Gasteiger partial charge in [-0.15, -0.1) is 0 Å². The smallest absolute Gasteiger partial charge is 0.254 e. The van der Waals surface area contributed by atoms with Crippen LogP contribution in [0.1, 0.15) is 35.7 Å². The fourth-order valence-electron chi connectivity index (χ4n) is 3.73. The Labute approximate surface area is 180 Å². The van der Waals surface area contributed by atoms with Crippen LogP contribution in [-0.2, 0) is 16.0 Å². The van der Waals surface area contributed by atoms with Gasteiger partial charge in [-0.05, 0) is 31.4 Å². The number of rotatable bonds is 7. The first-order valence-electron chi connectivity index (χ1n) is 10.3. The lowest BCUT2D eigenvalue weighted by molar-refractivity contribution is -0.118. The van der Waals surface area contributed by atoms with E-state index < -0.39 is 0 Å². The first kappa shape index (κ1) is 20.6.